The summed E-state index contributed by atoms with van der Waals surface area (Å²) in [6, 6.07) is 6.67. The number of methoxy groups -OCH3 is 1. The molecule has 0 aliphatic heterocycles. The summed E-state index contributed by atoms with van der Waals surface area (Å²) in [5.74, 6) is -0.153. The van der Waals surface area contributed by atoms with Crippen LogP contribution in [-0.4, -0.2) is 49.3 Å². The van der Waals surface area contributed by atoms with Crippen molar-refractivity contribution < 1.29 is 14.6 Å². The minimum Gasteiger partial charge on any atom is -0.399 e. The molecule has 0 aromatic heterocycles. The van der Waals surface area contributed by atoms with E-state index in [1.807, 2.05) is 0 Å². The first-order valence-electron chi connectivity index (χ1n) is 5.32. The minimum absolute atomic E-state index is 0.153. The molecule has 1 unspecified atom stereocenters. The molecule has 1 rings (SSSR count). The van der Waals surface area contributed by atoms with Gasteiger partial charge in [-0.2, -0.15) is 0 Å². The second kappa shape index (κ2) is 6.22. The highest BCUT2D eigenvalue weighted by Crippen LogP contribution is 2.08. The molecule has 0 heterocycles. The van der Waals surface area contributed by atoms with Crippen LogP contribution < -0.4 is 5.73 Å². The third-order valence-corrected chi connectivity index (χ3v) is 2.35. The molecule has 17 heavy (non-hydrogen) atoms. The number of likely N-dealkylation sites (N-methyl/N-ethyl adjacent to an activating group) is 1. The average Bonchev–Trinajstić information content (AvgIpc) is 2.29. The molecule has 1 amide bonds. The largest absolute Gasteiger partial charge is 0.399 e. The molecule has 1 aromatic rings. The molecule has 0 fully saturated rings. The van der Waals surface area contributed by atoms with E-state index in [1.54, 1.807) is 31.3 Å². The van der Waals surface area contributed by atoms with E-state index in [2.05, 4.69) is 0 Å². The second-order valence-corrected chi connectivity index (χ2v) is 3.92. The number of nitrogen functional groups attached to an aromatic ring is 1. The van der Waals surface area contributed by atoms with Crippen LogP contribution in [0.25, 0.3) is 0 Å². The minimum atomic E-state index is -0.678. The van der Waals surface area contributed by atoms with E-state index >= 15 is 0 Å². The van der Waals surface area contributed by atoms with Crippen molar-refractivity contribution >= 4 is 11.6 Å². The highest BCUT2D eigenvalue weighted by molar-refractivity contribution is 5.94. The number of carbonyl (C=O) groups excluding carboxylic acids is 1. The van der Waals surface area contributed by atoms with Gasteiger partial charge in [-0.25, -0.2) is 0 Å². The summed E-state index contributed by atoms with van der Waals surface area (Å²) >= 11 is 0. The molecule has 5 heteroatoms. The summed E-state index contributed by atoms with van der Waals surface area (Å²) in [7, 11) is 3.14. The summed E-state index contributed by atoms with van der Waals surface area (Å²) in [6.07, 6.45) is -0.678. The van der Waals surface area contributed by atoms with Crippen LogP contribution in [-0.2, 0) is 4.74 Å². The van der Waals surface area contributed by atoms with Crippen LogP contribution in [0.5, 0.6) is 0 Å². The number of rotatable bonds is 5. The van der Waals surface area contributed by atoms with Crippen molar-refractivity contribution in [2.24, 2.45) is 0 Å². The van der Waals surface area contributed by atoms with Gasteiger partial charge in [0.1, 0.15) is 0 Å². The van der Waals surface area contributed by atoms with Gasteiger partial charge in [0.05, 0.1) is 12.7 Å². The Balaban J connectivity index is 2.60. The standard InChI is InChI=1S/C12H18N2O3/c1-14(7-11(15)8-17-2)12(16)9-3-5-10(13)6-4-9/h3-6,11,15H,7-8,13H2,1-2H3. The van der Waals surface area contributed by atoms with E-state index in [1.165, 1.54) is 12.0 Å². The van der Waals surface area contributed by atoms with Gasteiger partial charge in [0, 0.05) is 32.0 Å². The maximum atomic E-state index is 11.9. The van der Waals surface area contributed by atoms with Crippen molar-refractivity contribution in [2.75, 3.05) is 33.0 Å². The van der Waals surface area contributed by atoms with E-state index in [9.17, 15) is 9.90 Å². The van der Waals surface area contributed by atoms with Gasteiger partial charge in [0.2, 0.25) is 0 Å². The number of amides is 1. The molecule has 0 saturated carbocycles. The number of carbonyl (C=O) groups is 1. The topological polar surface area (TPSA) is 75.8 Å². The highest BCUT2D eigenvalue weighted by atomic mass is 16.5. The lowest BCUT2D eigenvalue weighted by Crippen LogP contribution is -2.36. The van der Waals surface area contributed by atoms with E-state index < -0.39 is 6.10 Å². The number of anilines is 1. The summed E-state index contributed by atoms with van der Waals surface area (Å²) in [6.45, 7) is 0.441. The molecule has 0 bridgehead atoms. The predicted molar refractivity (Wildman–Crippen MR) is 65.7 cm³/mol. The maximum Gasteiger partial charge on any atom is 0.253 e. The Morgan fingerprint density at radius 2 is 2.06 bits per heavy atom. The smallest absolute Gasteiger partial charge is 0.253 e. The molecule has 0 aliphatic carbocycles. The first kappa shape index (κ1) is 13.5. The van der Waals surface area contributed by atoms with Gasteiger partial charge >= 0.3 is 0 Å². The number of hydrogen-bond donors (Lipinski definition) is 2. The van der Waals surface area contributed by atoms with Crippen LogP contribution in [0.15, 0.2) is 24.3 Å². The maximum absolute atomic E-state index is 11.9. The molecule has 0 saturated heterocycles. The average molecular weight is 238 g/mol. The Hall–Kier alpha value is -1.59. The fourth-order valence-corrected chi connectivity index (χ4v) is 1.49. The lowest BCUT2D eigenvalue weighted by atomic mass is 10.2. The number of nitrogens with zero attached hydrogens (tertiary/aromatic N) is 1. The van der Waals surface area contributed by atoms with Crippen molar-refractivity contribution in [3.63, 3.8) is 0 Å². The molecular weight excluding hydrogens is 220 g/mol. The summed E-state index contributed by atoms with van der Waals surface area (Å²) in [5.41, 5.74) is 6.70. The third kappa shape index (κ3) is 4.05. The molecule has 94 valence electrons. The fourth-order valence-electron chi connectivity index (χ4n) is 1.49. The molecule has 1 atom stereocenters. The zero-order chi connectivity index (χ0) is 12.8. The second-order valence-electron chi connectivity index (χ2n) is 3.92. The predicted octanol–water partition coefficient (Wildman–Crippen LogP) is 0.348. The molecule has 0 spiro atoms. The van der Waals surface area contributed by atoms with Crippen LogP contribution in [0, 0.1) is 0 Å². The van der Waals surface area contributed by atoms with Crippen LogP contribution >= 0.6 is 0 Å². The van der Waals surface area contributed by atoms with Gasteiger partial charge in [-0.05, 0) is 24.3 Å². The lowest BCUT2D eigenvalue weighted by molar-refractivity contribution is 0.0380. The normalized spacial score (nSPS) is 12.2. The van der Waals surface area contributed by atoms with Gasteiger partial charge in [-0.1, -0.05) is 0 Å². The van der Waals surface area contributed by atoms with E-state index in [4.69, 9.17) is 10.5 Å². The number of aliphatic hydroxyl groups is 1. The monoisotopic (exact) mass is 238 g/mol. The number of ether oxygens (including phenoxy) is 1. The molecule has 0 aliphatic rings. The van der Waals surface area contributed by atoms with Gasteiger partial charge in [-0.3, -0.25) is 4.79 Å². The zero-order valence-electron chi connectivity index (χ0n) is 10.1. The van der Waals surface area contributed by atoms with Gasteiger partial charge in [0.25, 0.3) is 5.91 Å². The Morgan fingerprint density at radius 1 is 1.47 bits per heavy atom. The van der Waals surface area contributed by atoms with Crippen LogP contribution in [0.1, 0.15) is 10.4 Å². The Labute approximate surface area is 101 Å². The molecule has 5 nitrogen and oxygen atoms in total. The summed E-state index contributed by atoms with van der Waals surface area (Å²) in [4.78, 5) is 13.4. The van der Waals surface area contributed by atoms with E-state index in [0.717, 1.165) is 0 Å². The lowest BCUT2D eigenvalue weighted by Gasteiger charge is -2.20. The first-order valence-corrected chi connectivity index (χ1v) is 5.32. The molecular formula is C12H18N2O3. The third-order valence-electron chi connectivity index (χ3n) is 2.35. The number of hydrogen-bond acceptors (Lipinski definition) is 4. The van der Waals surface area contributed by atoms with Crippen molar-refractivity contribution in [3.05, 3.63) is 29.8 Å². The summed E-state index contributed by atoms with van der Waals surface area (Å²) < 4.78 is 4.80. The number of nitrogens with two attached hydrogens (primary N) is 1. The SMILES string of the molecule is COCC(O)CN(C)C(=O)c1ccc(N)cc1. The van der Waals surface area contributed by atoms with E-state index in [-0.39, 0.29) is 19.1 Å². The fraction of sp³-hybridized carbons (Fsp3) is 0.417. The quantitative estimate of drug-likeness (QED) is 0.726. The van der Waals surface area contributed by atoms with Crippen LogP contribution in [0.3, 0.4) is 0 Å². The molecule has 1 aromatic carbocycles. The summed E-state index contributed by atoms with van der Waals surface area (Å²) in [5, 5.41) is 9.52. The van der Waals surface area contributed by atoms with Gasteiger partial charge < -0.3 is 20.5 Å². The highest BCUT2D eigenvalue weighted by Gasteiger charge is 2.15. The van der Waals surface area contributed by atoms with E-state index in [0.29, 0.717) is 11.3 Å². The zero-order valence-corrected chi connectivity index (χ0v) is 10.1. The first-order chi connectivity index (χ1) is 8.04. The van der Waals surface area contributed by atoms with Crippen molar-refractivity contribution in [1.29, 1.82) is 0 Å². The van der Waals surface area contributed by atoms with Gasteiger partial charge in [-0.15, -0.1) is 0 Å². The van der Waals surface area contributed by atoms with Crippen LogP contribution in [0.4, 0.5) is 5.69 Å². The Bertz CT molecular complexity index is 365. The molecule has 3 N–H and O–H groups in total. The van der Waals surface area contributed by atoms with Crippen molar-refractivity contribution in [3.8, 4) is 0 Å². The van der Waals surface area contributed by atoms with Crippen molar-refractivity contribution in [1.82, 2.24) is 4.90 Å². The Kier molecular flexibility index (Phi) is 4.93. The van der Waals surface area contributed by atoms with Crippen molar-refractivity contribution in [2.45, 2.75) is 6.10 Å². The Morgan fingerprint density at radius 3 is 2.59 bits per heavy atom. The molecule has 0 radical (unpaired) electrons. The number of benzene rings is 1. The van der Waals surface area contributed by atoms with Gasteiger partial charge in [0.15, 0.2) is 0 Å². The van der Waals surface area contributed by atoms with Crippen LogP contribution in [0.2, 0.25) is 0 Å². The number of aliphatic hydroxyl groups excluding tert-OH is 1.